The van der Waals surface area contributed by atoms with Crippen molar-refractivity contribution in [1.82, 2.24) is 15.1 Å². The van der Waals surface area contributed by atoms with Crippen LogP contribution in [0.3, 0.4) is 0 Å². The normalized spacial score (nSPS) is 14.3. The van der Waals surface area contributed by atoms with Gasteiger partial charge < -0.3 is 5.73 Å². The van der Waals surface area contributed by atoms with E-state index in [0.29, 0.717) is 29.2 Å². The van der Waals surface area contributed by atoms with Crippen LogP contribution in [0.1, 0.15) is 16.7 Å². The fraction of sp³-hybridized carbons (Fsp3) is 0.120. The molecule has 0 aliphatic carbocycles. The summed E-state index contributed by atoms with van der Waals surface area (Å²) in [5, 5.41) is 10.3. The SMILES string of the molecule is CN1CC=C(c2ccc3ccccc3c2)c2ccc(-c3ccc(N)nn3)c(F)c2C1. The van der Waals surface area contributed by atoms with E-state index in [1.165, 1.54) is 10.8 Å². The molecular weight excluding hydrogens is 375 g/mol. The summed E-state index contributed by atoms with van der Waals surface area (Å²) in [6.45, 7) is 1.26. The van der Waals surface area contributed by atoms with Crippen LogP contribution in [0.4, 0.5) is 10.2 Å². The first kappa shape index (κ1) is 18.5. The van der Waals surface area contributed by atoms with Gasteiger partial charge >= 0.3 is 0 Å². The molecule has 0 unspecified atom stereocenters. The van der Waals surface area contributed by atoms with Crippen molar-refractivity contribution in [2.24, 2.45) is 0 Å². The van der Waals surface area contributed by atoms with Gasteiger partial charge in [-0.05, 0) is 58.8 Å². The standard InChI is InChI=1S/C25H21FN4/c1-30-13-12-19(18-7-6-16-4-2-3-5-17(16)14-18)20-8-9-21(25(26)22(20)15-30)23-10-11-24(27)29-28-23/h2-12,14H,13,15H2,1H3,(H2,27,29). The Morgan fingerprint density at radius 3 is 2.50 bits per heavy atom. The smallest absolute Gasteiger partial charge is 0.146 e. The highest BCUT2D eigenvalue weighted by Crippen LogP contribution is 2.35. The van der Waals surface area contributed by atoms with Crippen LogP contribution in [0.15, 0.2) is 72.8 Å². The molecule has 0 atom stereocenters. The Kier molecular flexibility index (Phi) is 4.52. The van der Waals surface area contributed by atoms with Crippen LogP contribution < -0.4 is 5.73 Å². The Labute approximate surface area is 174 Å². The second-order valence-electron chi connectivity index (χ2n) is 7.67. The highest BCUT2D eigenvalue weighted by Gasteiger charge is 2.22. The van der Waals surface area contributed by atoms with E-state index in [1.54, 1.807) is 18.2 Å². The van der Waals surface area contributed by atoms with Crippen LogP contribution in [0.25, 0.3) is 27.6 Å². The van der Waals surface area contributed by atoms with E-state index in [9.17, 15) is 0 Å². The molecule has 1 aromatic heterocycles. The maximum Gasteiger partial charge on any atom is 0.146 e. The third-order valence-corrected chi connectivity index (χ3v) is 5.59. The van der Waals surface area contributed by atoms with E-state index < -0.39 is 0 Å². The molecule has 148 valence electrons. The van der Waals surface area contributed by atoms with Crippen LogP contribution in [0.2, 0.25) is 0 Å². The lowest BCUT2D eigenvalue weighted by atomic mass is 9.91. The number of fused-ring (bicyclic) bond motifs is 2. The minimum Gasteiger partial charge on any atom is -0.382 e. The molecule has 4 nitrogen and oxygen atoms in total. The summed E-state index contributed by atoms with van der Waals surface area (Å²) in [6, 6.07) is 21.8. The Bertz CT molecular complexity index is 1280. The van der Waals surface area contributed by atoms with Gasteiger partial charge in [-0.1, -0.05) is 48.5 Å². The van der Waals surface area contributed by atoms with Gasteiger partial charge in [0.1, 0.15) is 11.6 Å². The number of aromatic nitrogens is 2. The minimum absolute atomic E-state index is 0.257. The van der Waals surface area contributed by atoms with Crippen molar-refractivity contribution in [2.75, 3.05) is 19.3 Å². The third-order valence-electron chi connectivity index (χ3n) is 5.59. The molecule has 0 bridgehead atoms. The number of anilines is 1. The lowest BCUT2D eigenvalue weighted by molar-refractivity contribution is 0.358. The fourth-order valence-corrected chi connectivity index (χ4v) is 4.03. The summed E-state index contributed by atoms with van der Waals surface area (Å²) in [4.78, 5) is 2.11. The second kappa shape index (κ2) is 7.35. The Hall–Kier alpha value is -3.57. The van der Waals surface area contributed by atoms with Crippen molar-refractivity contribution in [3.63, 3.8) is 0 Å². The van der Waals surface area contributed by atoms with Crippen LogP contribution in [0, 0.1) is 5.82 Å². The third kappa shape index (κ3) is 3.23. The van der Waals surface area contributed by atoms with Gasteiger partial charge in [0.25, 0.3) is 0 Å². The molecule has 0 fully saturated rings. The molecular formula is C25H21FN4. The molecule has 1 aliphatic rings. The molecule has 5 rings (SSSR count). The molecule has 0 radical (unpaired) electrons. The lowest BCUT2D eigenvalue weighted by Gasteiger charge is -2.17. The topological polar surface area (TPSA) is 55.0 Å². The van der Waals surface area contributed by atoms with E-state index in [0.717, 1.165) is 23.2 Å². The molecule has 2 N–H and O–H groups in total. The van der Waals surface area contributed by atoms with Gasteiger partial charge in [-0.25, -0.2) is 4.39 Å². The molecule has 0 saturated carbocycles. The number of likely N-dealkylation sites (N-methyl/N-ethyl adjacent to an activating group) is 1. The van der Waals surface area contributed by atoms with Gasteiger partial charge in [-0.2, -0.15) is 0 Å². The van der Waals surface area contributed by atoms with Gasteiger partial charge in [-0.15, -0.1) is 10.2 Å². The van der Waals surface area contributed by atoms with Gasteiger partial charge in [0.15, 0.2) is 0 Å². The predicted octanol–water partition coefficient (Wildman–Crippen LogP) is 4.90. The number of benzene rings is 3. The molecule has 2 heterocycles. The summed E-state index contributed by atoms with van der Waals surface area (Å²) in [7, 11) is 2.00. The van der Waals surface area contributed by atoms with Gasteiger partial charge in [0, 0.05) is 24.2 Å². The quantitative estimate of drug-likeness (QED) is 0.524. The van der Waals surface area contributed by atoms with Crippen molar-refractivity contribution >= 4 is 22.2 Å². The Morgan fingerprint density at radius 2 is 1.70 bits per heavy atom. The average molecular weight is 396 g/mol. The molecule has 0 spiro atoms. The Morgan fingerprint density at radius 1 is 0.900 bits per heavy atom. The lowest BCUT2D eigenvalue weighted by Crippen LogP contribution is -2.17. The number of nitrogens with two attached hydrogens (primary N) is 1. The summed E-state index contributed by atoms with van der Waals surface area (Å²) >= 11 is 0. The zero-order valence-electron chi connectivity index (χ0n) is 16.6. The number of halogens is 1. The first-order valence-corrected chi connectivity index (χ1v) is 9.89. The fourth-order valence-electron chi connectivity index (χ4n) is 4.03. The van der Waals surface area contributed by atoms with Gasteiger partial charge in [-0.3, -0.25) is 4.90 Å². The maximum atomic E-state index is 15.7. The zero-order chi connectivity index (χ0) is 20.7. The minimum atomic E-state index is -0.257. The van der Waals surface area contributed by atoms with Crippen LogP contribution in [-0.4, -0.2) is 28.7 Å². The molecule has 3 aromatic carbocycles. The number of hydrogen-bond donors (Lipinski definition) is 1. The molecule has 5 heteroatoms. The number of rotatable bonds is 2. The van der Waals surface area contributed by atoms with Crippen LogP contribution >= 0.6 is 0 Å². The van der Waals surface area contributed by atoms with E-state index in [1.807, 2.05) is 25.2 Å². The largest absolute Gasteiger partial charge is 0.382 e. The van der Waals surface area contributed by atoms with E-state index in [4.69, 9.17) is 5.73 Å². The second-order valence-corrected chi connectivity index (χ2v) is 7.67. The zero-order valence-corrected chi connectivity index (χ0v) is 16.6. The summed E-state index contributed by atoms with van der Waals surface area (Å²) in [5.41, 5.74) is 10.3. The molecule has 0 saturated heterocycles. The average Bonchev–Trinajstić information content (AvgIpc) is 2.93. The molecule has 0 amide bonds. The highest BCUT2D eigenvalue weighted by molar-refractivity contribution is 5.90. The highest BCUT2D eigenvalue weighted by atomic mass is 19.1. The van der Waals surface area contributed by atoms with Crippen molar-refractivity contribution in [2.45, 2.75) is 6.54 Å². The maximum absolute atomic E-state index is 15.7. The van der Waals surface area contributed by atoms with Gasteiger partial charge in [0.2, 0.25) is 0 Å². The van der Waals surface area contributed by atoms with Crippen molar-refractivity contribution in [1.29, 1.82) is 0 Å². The number of hydrogen-bond acceptors (Lipinski definition) is 4. The summed E-state index contributed by atoms with van der Waals surface area (Å²) in [6.07, 6.45) is 2.18. The first-order valence-electron chi connectivity index (χ1n) is 9.89. The Balaban J connectivity index is 1.66. The first-order chi connectivity index (χ1) is 14.6. The van der Waals surface area contributed by atoms with Crippen LogP contribution in [-0.2, 0) is 6.54 Å². The molecule has 4 aromatic rings. The summed E-state index contributed by atoms with van der Waals surface area (Å²) < 4.78 is 15.7. The number of nitrogens with zero attached hydrogens (tertiary/aromatic N) is 3. The monoisotopic (exact) mass is 396 g/mol. The van der Waals surface area contributed by atoms with E-state index in [2.05, 4.69) is 51.5 Å². The summed E-state index contributed by atoms with van der Waals surface area (Å²) in [5.74, 6) is 0.0576. The number of nitrogen functional groups attached to an aromatic ring is 1. The molecule has 30 heavy (non-hydrogen) atoms. The van der Waals surface area contributed by atoms with Crippen molar-refractivity contribution < 1.29 is 4.39 Å². The van der Waals surface area contributed by atoms with Crippen molar-refractivity contribution in [3.05, 3.63) is 95.3 Å². The predicted molar refractivity (Wildman–Crippen MR) is 119 cm³/mol. The van der Waals surface area contributed by atoms with E-state index >= 15 is 4.39 Å². The van der Waals surface area contributed by atoms with Gasteiger partial charge in [0.05, 0.1) is 5.69 Å². The molecule has 1 aliphatic heterocycles. The van der Waals surface area contributed by atoms with E-state index in [-0.39, 0.29) is 5.82 Å². The van der Waals surface area contributed by atoms with Crippen LogP contribution in [0.5, 0.6) is 0 Å². The van der Waals surface area contributed by atoms with Crippen molar-refractivity contribution in [3.8, 4) is 11.3 Å².